The van der Waals surface area contributed by atoms with E-state index in [4.69, 9.17) is 16.3 Å². The van der Waals surface area contributed by atoms with Crippen LogP contribution in [0.4, 0.5) is 0 Å². The summed E-state index contributed by atoms with van der Waals surface area (Å²) >= 11 is 5.94. The lowest BCUT2D eigenvalue weighted by Gasteiger charge is -2.34. The van der Waals surface area contributed by atoms with Crippen molar-refractivity contribution in [1.29, 1.82) is 0 Å². The van der Waals surface area contributed by atoms with Crippen LogP contribution in [0.5, 0.6) is 5.75 Å². The highest BCUT2D eigenvalue weighted by molar-refractivity contribution is 7.88. The predicted octanol–water partition coefficient (Wildman–Crippen LogP) is 0.747. The van der Waals surface area contributed by atoms with Gasteiger partial charge in [0.15, 0.2) is 6.10 Å². The second kappa shape index (κ2) is 5.72. The van der Waals surface area contributed by atoms with E-state index in [-0.39, 0.29) is 5.91 Å². The van der Waals surface area contributed by atoms with Crippen LogP contribution in [0.3, 0.4) is 0 Å². The zero-order valence-corrected chi connectivity index (χ0v) is 13.7. The minimum atomic E-state index is -3.19. The van der Waals surface area contributed by atoms with Crippen LogP contribution < -0.4 is 4.74 Å². The summed E-state index contributed by atoms with van der Waals surface area (Å²) in [5.41, 5.74) is 0.931. The summed E-state index contributed by atoms with van der Waals surface area (Å²) in [4.78, 5) is 14.2. The summed E-state index contributed by atoms with van der Waals surface area (Å²) in [5.74, 6) is 0.595. The van der Waals surface area contributed by atoms with Crippen LogP contribution in [-0.4, -0.2) is 62.1 Å². The van der Waals surface area contributed by atoms with Gasteiger partial charge in [-0.1, -0.05) is 11.6 Å². The molecule has 0 aliphatic carbocycles. The molecular formula is C14H17ClN2O4S. The highest BCUT2D eigenvalue weighted by atomic mass is 35.5. The van der Waals surface area contributed by atoms with Gasteiger partial charge in [0, 0.05) is 37.6 Å². The average Bonchev–Trinajstić information content (AvgIpc) is 2.88. The maximum atomic E-state index is 12.5. The van der Waals surface area contributed by atoms with Gasteiger partial charge in [-0.25, -0.2) is 8.42 Å². The Bertz CT molecular complexity index is 699. The molecule has 1 atom stereocenters. The van der Waals surface area contributed by atoms with E-state index in [2.05, 4.69) is 0 Å². The smallest absolute Gasteiger partial charge is 0.264 e. The van der Waals surface area contributed by atoms with E-state index >= 15 is 0 Å². The second-order valence-electron chi connectivity index (χ2n) is 5.55. The number of amides is 1. The minimum Gasteiger partial charge on any atom is -0.480 e. The van der Waals surface area contributed by atoms with Crippen LogP contribution in [0.15, 0.2) is 18.2 Å². The number of benzene rings is 1. The van der Waals surface area contributed by atoms with Crippen LogP contribution >= 0.6 is 11.6 Å². The van der Waals surface area contributed by atoms with Crippen LogP contribution in [0, 0.1) is 0 Å². The summed E-state index contributed by atoms with van der Waals surface area (Å²) < 4.78 is 30.0. The zero-order chi connectivity index (χ0) is 15.9. The number of carbonyl (C=O) groups is 1. The number of ether oxygens (including phenoxy) is 1. The quantitative estimate of drug-likeness (QED) is 0.794. The fraction of sp³-hybridized carbons (Fsp3) is 0.500. The standard InChI is InChI=1S/C14H17ClN2O4S/c1-22(19,20)17-6-4-16(5-7-17)14(18)13-9-10-8-11(15)2-3-12(10)21-13/h2-3,8,13H,4-7,9H2,1H3/t13-/m1/s1. The molecule has 0 unspecified atom stereocenters. The Hall–Kier alpha value is -1.31. The molecule has 1 saturated heterocycles. The van der Waals surface area contributed by atoms with Gasteiger partial charge in [0.1, 0.15) is 5.75 Å². The first kappa shape index (κ1) is 15.6. The minimum absolute atomic E-state index is 0.0968. The van der Waals surface area contributed by atoms with E-state index in [0.29, 0.717) is 43.4 Å². The van der Waals surface area contributed by atoms with Gasteiger partial charge in [-0.2, -0.15) is 4.31 Å². The summed E-state index contributed by atoms with van der Waals surface area (Å²) in [6, 6.07) is 5.32. The first-order valence-electron chi connectivity index (χ1n) is 7.03. The molecular weight excluding hydrogens is 328 g/mol. The van der Waals surface area contributed by atoms with Gasteiger partial charge in [0.05, 0.1) is 6.26 Å². The van der Waals surface area contributed by atoms with E-state index < -0.39 is 16.1 Å². The van der Waals surface area contributed by atoms with E-state index in [1.54, 1.807) is 17.0 Å². The molecule has 2 aliphatic rings. The number of carbonyl (C=O) groups excluding carboxylic acids is 1. The molecule has 0 N–H and O–H groups in total. The Morgan fingerprint density at radius 3 is 2.59 bits per heavy atom. The van der Waals surface area contributed by atoms with Crippen molar-refractivity contribution in [2.75, 3.05) is 32.4 Å². The average molecular weight is 345 g/mol. The molecule has 0 aromatic heterocycles. The van der Waals surface area contributed by atoms with Crippen molar-refractivity contribution in [2.45, 2.75) is 12.5 Å². The van der Waals surface area contributed by atoms with Crippen molar-refractivity contribution in [3.05, 3.63) is 28.8 Å². The van der Waals surface area contributed by atoms with Crippen molar-refractivity contribution < 1.29 is 17.9 Å². The Morgan fingerprint density at radius 1 is 1.27 bits per heavy atom. The van der Waals surface area contributed by atoms with E-state index in [9.17, 15) is 13.2 Å². The number of hydrogen-bond acceptors (Lipinski definition) is 4. The third-order valence-electron chi connectivity index (χ3n) is 3.99. The topological polar surface area (TPSA) is 66.9 Å². The van der Waals surface area contributed by atoms with Gasteiger partial charge in [-0.3, -0.25) is 4.79 Å². The van der Waals surface area contributed by atoms with Gasteiger partial charge < -0.3 is 9.64 Å². The largest absolute Gasteiger partial charge is 0.480 e. The molecule has 1 amide bonds. The summed E-state index contributed by atoms with van der Waals surface area (Å²) in [6.07, 6.45) is 1.14. The van der Waals surface area contributed by atoms with Gasteiger partial charge in [-0.15, -0.1) is 0 Å². The first-order chi connectivity index (χ1) is 10.3. The molecule has 8 heteroatoms. The van der Waals surface area contributed by atoms with E-state index in [1.807, 2.05) is 6.07 Å². The van der Waals surface area contributed by atoms with Crippen molar-refractivity contribution in [3.63, 3.8) is 0 Å². The molecule has 1 aromatic rings. The normalized spacial score (nSPS) is 22.3. The van der Waals surface area contributed by atoms with Crippen molar-refractivity contribution in [2.24, 2.45) is 0 Å². The van der Waals surface area contributed by atoms with Crippen molar-refractivity contribution in [1.82, 2.24) is 9.21 Å². The molecule has 0 bridgehead atoms. The zero-order valence-electron chi connectivity index (χ0n) is 12.2. The SMILES string of the molecule is CS(=O)(=O)N1CCN(C(=O)[C@H]2Cc3cc(Cl)ccc3O2)CC1. The summed E-state index contributed by atoms with van der Waals surface area (Å²) in [5, 5.41) is 0.622. The van der Waals surface area contributed by atoms with Crippen molar-refractivity contribution in [3.8, 4) is 5.75 Å². The maximum absolute atomic E-state index is 12.5. The monoisotopic (exact) mass is 344 g/mol. The Balaban J connectivity index is 1.63. The molecule has 2 heterocycles. The van der Waals surface area contributed by atoms with Gasteiger partial charge in [0.25, 0.3) is 5.91 Å². The highest BCUT2D eigenvalue weighted by Crippen LogP contribution is 2.31. The third kappa shape index (κ3) is 3.06. The fourth-order valence-corrected chi connectivity index (χ4v) is 3.82. The van der Waals surface area contributed by atoms with Crippen LogP contribution in [-0.2, 0) is 21.2 Å². The lowest BCUT2D eigenvalue weighted by molar-refractivity contribution is -0.139. The molecule has 1 fully saturated rings. The van der Waals surface area contributed by atoms with Crippen LogP contribution in [0.1, 0.15) is 5.56 Å². The van der Waals surface area contributed by atoms with Crippen LogP contribution in [0.2, 0.25) is 5.02 Å². The maximum Gasteiger partial charge on any atom is 0.264 e. The molecule has 2 aliphatic heterocycles. The molecule has 22 heavy (non-hydrogen) atoms. The molecule has 1 aromatic carbocycles. The molecule has 0 radical (unpaired) electrons. The highest BCUT2D eigenvalue weighted by Gasteiger charge is 2.34. The number of nitrogens with zero attached hydrogens (tertiary/aromatic N) is 2. The Morgan fingerprint density at radius 2 is 1.95 bits per heavy atom. The molecule has 0 spiro atoms. The molecule has 120 valence electrons. The summed E-state index contributed by atoms with van der Waals surface area (Å²) in [6.45, 7) is 1.44. The first-order valence-corrected chi connectivity index (χ1v) is 9.26. The van der Waals surface area contributed by atoms with Gasteiger partial charge in [0.2, 0.25) is 10.0 Å². The molecule has 3 rings (SSSR count). The summed E-state index contributed by atoms with van der Waals surface area (Å²) in [7, 11) is -3.19. The fourth-order valence-electron chi connectivity index (χ4n) is 2.80. The van der Waals surface area contributed by atoms with Gasteiger partial charge in [-0.05, 0) is 23.8 Å². The number of sulfonamides is 1. The van der Waals surface area contributed by atoms with Crippen LogP contribution in [0.25, 0.3) is 0 Å². The number of piperazine rings is 1. The lowest BCUT2D eigenvalue weighted by Crippen LogP contribution is -2.53. The predicted molar refractivity (Wildman–Crippen MR) is 82.6 cm³/mol. The number of fused-ring (bicyclic) bond motifs is 1. The third-order valence-corrected chi connectivity index (χ3v) is 5.53. The van der Waals surface area contributed by atoms with E-state index in [0.717, 1.165) is 5.56 Å². The van der Waals surface area contributed by atoms with Crippen molar-refractivity contribution >= 4 is 27.5 Å². The number of hydrogen-bond donors (Lipinski definition) is 0. The van der Waals surface area contributed by atoms with E-state index in [1.165, 1.54) is 10.6 Å². The Labute approximate surface area is 134 Å². The Kier molecular flexibility index (Phi) is 4.05. The van der Waals surface area contributed by atoms with Gasteiger partial charge >= 0.3 is 0 Å². The number of rotatable bonds is 2. The molecule has 6 nitrogen and oxygen atoms in total. The second-order valence-corrected chi connectivity index (χ2v) is 7.97. The number of halogens is 1. The lowest BCUT2D eigenvalue weighted by atomic mass is 10.1. The molecule has 0 saturated carbocycles.